The van der Waals surface area contributed by atoms with Crippen LogP contribution in [0.25, 0.3) is 0 Å². The third-order valence-electron chi connectivity index (χ3n) is 4.16. The van der Waals surface area contributed by atoms with Crippen molar-refractivity contribution >= 4 is 11.9 Å². The van der Waals surface area contributed by atoms with Gasteiger partial charge in [0, 0.05) is 13.6 Å². The van der Waals surface area contributed by atoms with Crippen LogP contribution in [-0.4, -0.2) is 47.0 Å². The van der Waals surface area contributed by atoms with Crippen molar-refractivity contribution in [3.8, 4) is 5.75 Å². The maximum Gasteiger partial charge on any atom is 0.322 e. The standard InChI is InChI=1S/C16H19N3O3/c1-3-8-19-9-12-13(15(19)21)14(17-16(22)18(12)2)10-4-6-11(20)7-5-10/h4-7,14,20H,3,8-9H2,1-2H3,(H,17,22)/t14-/m0/s1. The second kappa shape index (κ2) is 5.36. The monoisotopic (exact) mass is 301 g/mol. The second-order valence-electron chi connectivity index (χ2n) is 5.62. The number of likely N-dealkylation sites (N-methyl/N-ethyl adjacent to an activating group) is 1. The van der Waals surface area contributed by atoms with E-state index in [0.717, 1.165) is 17.7 Å². The molecule has 6 nitrogen and oxygen atoms in total. The van der Waals surface area contributed by atoms with Crippen LogP contribution in [-0.2, 0) is 4.79 Å². The van der Waals surface area contributed by atoms with Gasteiger partial charge in [-0.15, -0.1) is 0 Å². The van der Waals surface area contributed by atoms with Gasteiger partial charge < -0.3 is 15.3 Å². The van der Waals surface area contributed by atoms with Gasteiger partial charge in [-0.25, -0.2) is 4.79 Å². The van der Waals surface area contributed by atoms with Crippen molar-refractivity contribution in [1.82, 2.24) is 15.1 Å². The molecule has 0 unspecified atom stereocenters. The fraction of sp³-hybridized carbons (Fsp3) is 0.375. The Hall–Kier alpha value is -2.50. The van der Waals surface area contributed by atoms with Crippen LogP contribution in [0.3, 0.4) is 0 Å². The lowest BCUT2D eigenvalue weighted by atomic mass is 9.96. The van der Waals surface area contributed by atoms with Gasteiger partial charge in [0.2, 0.25) is 0 Å². The van der Waals surface area contributed by atoms with Crippen LogP contribution in [0.2, 0.25) is 0 Å². The number of rotatable bonds is 3. The van der Waals surface area contributed by atoms with E-state index in [2.05, 4.69) is 5.32 Å². The number of nitrogens with one attached hydrogen (secondary N) is 1. The Balaban J connectivity index is 2.02. The number of carbonyl (C=O) groups excluding carboxylic acids is 2. The number of urea groups is 1. The van der Waals surface area contributed by atoms with E-state index in [1.807, 2.05) is 6.92 Å². The Bertz CT molecular complexity index is 651. The fourth-order valence-electron chi connectivity index (χ4n) is 2.99. The number of amides is 3. The molecule has 2 heterocycles. The predicted octanol–water partition coefficient (Wildman–Crippen LogP) is 1.59. The highest BCUT2D eigenvalue weighted by Gasteiger charge is 2.42. The van der Waals surface area contributed by atoms with Gasteiger partial charge in [-0.05, 0) is 24.1 Å². The average Bonchev–Trinajstić information content (AvgIpc) is 2.82. The summed E-state index contributed by atoms with van der Waals surface area (Å²) in [6.45, 7) is 3.17. The van der Waals surface area contributed by atoms with Crippen molar-refractivity contribution in [2.75, 3.05) is 20.1 Å². The van der Waals surface area contributed by atoms with Crippen molar-refractivity contribution in [3.63, 3.8) is 0 Å². The number of hydrogen-bond donors (Lipinski definition) is 2. The molecule has 0 spiro atoms. The van der Waals surface area contributed by atoms with Crippen LogP contribution in [0.4, 0.5) is 4.79 Å². The molecule has 1 atom stereocenters. The maximum absolute atomic E-state index is 12.7. The maximum atomic E-state index is 12.7. The summed E-state index contributed by atoms with van der Waals surface area (Å²) in [6.07, 6.45) is 0.876. The van der Waals surface area contributed by atoms with E-state index in [4.69, 9.17) is 0 Å². The van der Waals surface area contributed by atoms with Crippen LogP contribution < -0.4 is 5.32 Å². The Morgan fingerprint density at radius 1 is 1.27 bits per heavy atom. The summed E-state index contributed by atoms with van der Waals surface area (Å²) >= 11 is 0. The van der Waals surface area contributed by atoms with Crippen molar-refractivity contribution in [2.24, 2.45) is 0 Å². The summed E-state index contributed by atoms with van der Waals surface area (Å²) < 4.78 is 0. The van der Waals surface area contributed by atoms with E-state index in [1.165, 1.54) is 4.90 Å². The highest BCUT2D eigenvalue weighted by Crippen LogP contribution is 2.35. The molecule has 6 heteroatoms. The molecule has 22 heavy (non-hydrogen) atoms. The minimum absolute atomic E-state index is 0.0261. The summed E-state index contributed by atoms with van der Waals surface area (Å²) in [5, 5.41) is 12.3. The zero-order valence-electron chi connectivity index (χ0n) is 12.7. The highest BCUT2D eigenvalue weighted by molar-refractivity contribution is 6.01. The Morgan fingerprint density at radius 3 is 2.59 bits per heavy atom. The third-order valence-corrected chi connectivity index (χ3v) is 4.16. The first-order chi connectivity index (χ1) is 10.5. The second-order valence-corrected chi connectivity index (χ2v) is 5.62. The number of carbonyl (C=O) groups is 2. The number of phenols is 1. The number of hydrogen-bond acceptors (Lipinski definition) is 3. The molecule has 0 aliphatic carbocycles. The lowest BCUT2D eigenvalue weighted by Gasteiger charge is -2.31. The van der Waals surface area contributed by atoms with Crippen LogP contribution in [0.1, 0.15) is 24.9 Å². The van der Waals surface area contributed by atoms with Gasteiger partial charge in [0.1, 0.15) is 5.75 Å². The molecule has 0 fully saturated rings. The number of nitrogens with zero attached hydrogens (tertiary/aromatic N) is 2. The number of benzene rings is 1. The van der Waals surface area contributed by atoms with Gasteiger partial charge in [-0.1, -0.05) is 19.1 Å². The van der Waals surface area contributed by atoms with Crippen LogP contribution in [0, 0.1) is 0 Å². The van der Waals surface area contributed by atoms with Gasteiger partial charge in [0.15, 0.2) is 0 Å². The molecule has 3 amide bonds. The first-order valence-electron chi connectivity index (χ1n) is 7.38. The fourth-order valence-corrected chi connectivity index (χ4v) is 2.99. The van der Waals surface area contributed by atoms with Crippen molar-refractivity contribution in [2.45, 2.75) is 19.4 Å². The van der Waals surface area contributed by atoms with E-state index < -0.39 is 6.04 Å². The molecule has 1 aromatic carbocycles. The molecule has 3 rings (SSSR count). The van der Waals surface area contributed by atoms with E-state index >= 15 is 0 Å². The van der Waals surface area contributed by atoms with Crippen LogP contribution in [0.5, 0.6) is 5.75 Å². The van der Waals surface area contributed by atoms with Gasteiger partial charge in [-0.3, -0.25) is 9.69 Å². The summed E-state index contributed by atoms with van der Waals surface area (Å²) in [6, 6.07) is 5.89. The minimum atomic E-state index is -0.464. The minimum Gasteiger partial charge on any atom is -0.508 e. The van der Waals surface area contributed by atoms with E-state index in [0.29, 0.717) is 18.7 Å². The highest BCUT2D eigenvalue weighted by atomic mass is 16.3. The Labute approximate surface area is 129 Å². The van der Waals surface area contributed by atoms with Crippen molar-refractivity contribution in [1.29, 1.82) is 0 Å². The molecule has 0 bridgehead atoms. The molecule has 116 valence electrons. The Morgan fingerprint density at radius 2 is 1.95 bits per heavy atom. The van der Waals surface area contributed by atoms with Crippen molar-refractivity contribution < 1.29 is 14.7 Å². The van der Waals surface area contributed by atoms with Crippen LogP contribution in [0.15, 0.2) is 35.5 Å². The zero-order valence-corrected chi connectivity index (χ0v) is 12.7. The van der Waals surface area contributed by atoms with E-state index in [9.17, 15) is 14.7 Å². The summed E-state index contributed by atoms with van der Waals surface area (Å²) in [5.74, 6) is 0.129. The summed E-state index contributed by atoms with van der Waals surface area (Å²) in [4.78, 5) is 28.1. The Kier molecular flexibility index (Phi) is 3.52. The van der Waals surface area contributed by atoms with Gasteiger partial charge in [0.05, 0.1) is 23.9 Å². The molecule has 2 N–H and O–H groups in total. The molecule has 2 aliphatic heterocycles. The van der Waals surface area contributed by atoms with Crippen molar-refractivity contribution in [3.05, 3.63) is 41.1 Å². The molecule has 0 aromatic heterocycles. The average molecular weight is 301 g/mol. The molecule has 0 saturated carbocycles. The normalized spacial score (nSPS) is 21.3. The lowest BCUT2D eigenvalue weighted by molar-refractivity contribution is -0.125. The van der Waals surface area contributed by atoms with E-state index in [-0.39, 0.29) is 17.7 Å². The van der Waals surface area contributed by atoms with Crippen LogP contribution >= 0.6 is 0 Å². The molecular formula is C16H19N3O3. The molecule has 1 aromatic rings. The lowest BCUT2D eigenvalue weighted by Crippen LogP contribution is -2.45. The first-order valence-corrected chi connectivity index (χ1v) is 7.38. The van der Waals surface area contributed by atoms with Gasteiger partial charge in [0.25, 0.3) is 5.91 Å². The van der Waals surface area contributed by atoms with Gasteiger partial charge in [-0.2, -0.15) is 0 Å². The SMILES string of the molecule is CCCN1CC2=C(C1=O)[C@H](c1ccc(O)cc1)NC(=O)N2C. The van der Waals surface area contributed by atoms with E-state index in [1.54, 1.807) is 36.2 Å². The number of phenolic OH excluding ortho intramolecular Hbond substituents is 1. The summed E-state index contributed by atoms with van der Waals surface area (Å²) in [5.41, 5.74) is 2.18. The quantitative estimate of drug-likeness (QED) is 0.890. The number of aromatic hydroxyl groups is 1. The predicted molar refractivity (Wildman–Crippen MR) is 81.0 cm³/mol. The first kappa shape index (κ1) is 14.4. The topological polar surface area (TPSA) is 72.9 Å². The molecule has 0 radical (unpaired) electrons. The molecular weight excluding hydrogens is 282 g/mol. The molecule has 2 aliphatic rings. The summed E-state index contributed by atoms with van der Waals surface area (Å²) in [7, 11) is 1.68. The largest absolute Gasteiger partial charge is 0.508 e. The third kappa shape index (κ3) is 2.20. The van der Waals surface area contributed by atoms with Gasteiger partial charge >= 0.3 is 6.03 Å². The smallest absolute Gasteiger partial charge is 0.322 e. The molecule has 0 saturated heterocycles. The zero-order chi connectivity index (χ0) is 15.9.